The normalized spacial score (nSPS) is 20.2. The van der Waals surface area contributed by atoms with Crippen molar-refractivity contribution in [2.45, 2.75) is 63.9 Å². The molecule has 0 fully saturated rings. The zero-order chi connectivity index (χ0) is 23.2. The van der Waals surface area contributed by atoms with Crippen LogP contribution in [0.25, 0.3) is 22.3 Å². The molecule has 8 heteroatoms. The van der Waals surface area contributed by atoms with Crippen LogP contribution in [0, 0.1) is 0 Å². The number of hydrogen-bond donors (Lipinski definition) is 3. The van der Waals surface area contributed by atoms with Crippen LogP contribution in [-0.2, 0) is 12.8 Å². The standard InChI is InChI=1S/C24H26O8/c1-23(2,27)16-6-10-13(31-16)9-15-19(20(10)26)22-18-11(7-17(32-22)24(3,4)28)21(29-5)12(25)8-14(18)30-15/h8-9,16-17,26-28H,6-7H2,1-5H3. The average Bonchev–Trinajstić information content (AvgIpc) is 3.12. The van der Waals surface area contributed by atoms with Crippen molar-refractivity contribution in [3.05, 3.63) is 33.5 Å². The predicted octanol–water partition coefficient (Wildman–Crippen LogP) is 2.76. The van der Waals surface area contributed by atoms with Gasteiger partial charge < -0.3 is 33.9 Å². The number of hydrogen-bond acceptors (Lipinski definition) is 8. The highest BCUT2D eigenvalue weighted by molar-refractivity contribution is 5.99. The van der Waals surface area contributed by atoms with Crippen molar-refractivity contribution < 1.29 is 33.9 Å². The van der Waals surface area contributed by atoms with Gasteiger partial charge in [0.1, 0.15) is 46.2 Å². The van der Waals surface area contributed by atoms with Gasteiger partial charge in [-0.1, -0.05) is 0 Å². The van der Waals surface area contributed by atoms with Gasteiger partial charge in [0.2, 0.25) is 5.43 Å². The molecule has 0 saturated carbocycles. The monoisotopic (exact) mass is 442 g/mol. The number of rotatable bonds is 3. The summed E-state index contributed by atoms with van der Waals surface area (Å²) in [5.41, 5.74) is -0.778. The van der Waals surface area contributed by atoms with E-state index in [-0.39, 0.29) is 28.9 Å². The Labute approximate surface area is 184 Å². The van der Waals surface area contributed by atoms with E-state index in [9.17, 15) is 20.1 Å². The third-order valence-corrected chi connectivity index (χ3v) is 6.40. The van der Waals surface area contributed by atoms with Crippen molar-refractivity contribution in [1.82, 2.24) is 0 Å². The molecule has 2 unspecified atom stereocenters. The fourth-order valence-corrected chi connectivity index (χ4v) is 4.58. The molecule has 32 heavy (non-hydrogen) atoms. The lowest BCUT2D eigenvalue weighted by Gasteiger charge is -2.36. The van der Waals surface area contributed by atoms with Gasteiger partial charge in [0.05, 0.1) is 23.9 Å². The molecule has 5 rings (SSSR count). The summed E-state index contributed by atoms with van der Waals surface area (Å²) in [6.45, 7) is 6.55. The maximum atomic E-state index is 12.7. The minimum atomic E-state index is -1.23. The first-order valence-electron chi connectivity index (χ1n) is 10.5. The van der Waals surface area contributed by atoms with Gasteiger partial charge in [0.25, 0.3) is 0 Å². The molecule has 2 atom stereocenters. The van der Waals surface area contributed by atoms with E-state index in [1.807, 2.05) is 0 Å². The van der Waals surface area contributed by atoms with Crippen LogP contribution in [-0.4, -0.2) is 45.8 Å². The van der Waals surface area contributed by atoms with Gasteiger partial charge in [0.15, 0.2) is 5.75 Å². The van der Waals surface area contributed by atoms with Gasteiger partial charge in [-0.3, -0.25) is 4.79 Å². The SMILES string of the molecule is COc1c2c3c(c4c(O)c5c(cc4oc-3cc1=O)OC(C(C)(C)O)C5)OC(C(C)(C)O)C2. The summed E-state index contributed by atoms with van der Waals surface area (Å²) in [5, 5.41) is 32.7. The molecule has 1 aliphatic carbocycles. The van der Waals surface area contributed by atoms with Gasteiger partial charge >= 0.3 is 0 Å². The maximum Gasteiger partial charge on any atom is 0.224 e. The highest BCUT2D eigenvalue weighted by Crippen LogP contribution is 2.53. The Hall–Kier alpha value is -2.97. The fraction of sp³-hybridized carbons (Fsp3) is 0.458. The van der Waals surface area contributed by atoms with Crippen LogP contribution in [0.3, 0.4) is 0 Å². The average molecular weight is 442 g/mol. The van der Waals surface area contributed by atoms with Crippen LogP contribution in [0.5, 0.6) is 23.0 Å². The second kappa shape index (κ2) is 6.52. The number of ether oxygens (including phenoxy) is 3. The zero-order valence-corrected chi connectivity index (χ0v) is 18.6. The van der Waals surface area contributed by atoms with E-state index in [0.29, 0.717) is 45.8 Å². The lowest BCUT2D eigenvalue weighted by Crippen LogP contribution is -2.44. The predicted molar refractivity (Wildman–Crippen MR) is 116 cm³/mol. The number of aliphatic hydroxyl groups is 2. The van der Waals surface area contributed by atoms with Gasteiger partial charge in [-0.2, -0.15) is 0 Å². The van der Waals surface area contributed by atoms with Gasteiger partial charge in [0, 0.05) is 36.1 Å². The molecule has 0 aromatic heterocycles. The highest BCUT2D eigenvalue weighted by Gasteiger charge is 2.42. The number of methoxy groups -OCH3 is 1. The summed E-state index contributed by atoms with van der Waals surface area (Å²) in [6.07, 6.45) is -0.682. The molecule has 4 aliphatic rings. The first-order valence-corrected chi connectivity index (χ1v) is 10.5. The summed E-state index contributed by atoms with van der Waals surface area (Å²) in [5.74, 6) is 1.11. The number of aromatic hydroxyl groups is 1. The van der Waals surface area contributed by atoms with Crippen molar-refractivity contribution in [3.8, 4) is 34.3 Å². The fourth-order valence-electron chi connectivity index (χ4n) is 4.58. The first kappa shape index (κ1) is 20.9. The maximum absolute atomic E-state index is 12.7. The molecule has 1 aromatic rings. The molecule has 3 N–H and O–H groups in total. The second-order valence-electron chi connectivity index (χ2n) is 9.69. The molecular formula is C24H26O8. The van der Waals surface area contributed by atoms with Crippen LogP contribution < -0.4 is 19.6 Å². The first-order chi connectivity index (χ1) is 14.9. The number of phenols is 1. The van der Waals surface area contributed by atoms with E-state index in [4.69, 9.17) is 18.6 Å². The van der Waals surface area contributed by atoms with Crippen LogP contribution in [0.1, 0.15) is 38.8 Å². The number of fused-ring (bicyclic) bond motifs is 3. The molecule has 0 saturated heterocycles. The summed E-state index contributed by atoms with van der Waals surface area (Å²) >= 11 is 0. The van der Waals surface area contributed by atoms with Crippen LogP contribution in [0.15, 0.2) is 21.3 Å². The Balaban J connectivity index is 1.85. The lowest BCUT2D eigenvalue weighted by atomic mass is 9.86. The Morgan fingerprint density at radius 1 is 1.00 bits per heavy atom. The Morgan fingerprint density at radius 2 is 1.62 bits per heavy atom. The summed E-state index contributed by atoms with van der Waals surface area (Å²) in [7, 11) is 1.42. The van der Waals surface area contributed by atoms with Crippen molar-refractivity contribution in [3.63, 3.8) is 0 Å². The van der Waals surface area contributed by atoms with Gasteiger partial charge in [-0.25, -0.2) is 0 Å². The van der Waals surface area contributed by atoms with Crippen molar-refractivity contribution in [2.75, 3.05) is 7.11 Å². The molecule has 1 aromatic carbocycles. The minimum absolute atomic E-state index is 0.0718. The molecule has 8 nitrogen and oxygen atoms in total. The zero-order valence-electron chi connectivity index (χ0n) is 18.6. The lowest BCUT2D eigenvalue weighted by molar-refractivity contribution is -0.0351. The van der Waals surface area contributed by atoms with Crippen molar-refractivity contribution >= 4 is 11.0 Å². The van der Waals surface area contributed by atoms with E-state index in [0.717, 1.165) is 0 Å². The van der Waals surface area contributed by atoms with Crippen LogP contribution in [0.2, 0.25) is 0 Å². The molecule has 0 bridgehead atoms. The number of benzene rings is 2. The molecule has 3 heterocycles. The van der Waals surface area contributed by atoms with E-state index in [2.05, 4.69) is 0 Å². The Kier molecular flexibility index (Phi) is 4.26. The van der Waals surface area contributed by atoms with E-state index in [1.54, 1.807) is 33.8 Å². The van der Waals surface area contributed by atoms with Gasteiger partial charge in [-0.05, 0) is 27.7 Å². The highest BCUT2D eigenvalue weighted by atomic mass is 16.5. The molecular weight excluding hydrogens is 416 g/mol. The largest absolute Gasteiger partial charge is 0.507 e. The van der Waals surface area contributed by atoms with Gasteiger partial charge in [-0.15, -0.1) is 0 Å². The third-order valence-electron chi connectivity index (χ3n) is 6.40. The quantitative estimate of drug-likeness (QED) is 0.530. The van der Waals surface area contributed by atoms with E-state index in [1.165, 1.54) is 13.2 Å². The third kappa shape index (κ3) is 2.93. The van der Waals surface area contributed by atoms with Crippen LogP contribution >= 0.6 is 0 Å². The minimum Gasteiger partial charge on any atom is -0.507 e. The smallest absolute Gasteiger partial charge is 0.224 e. The van der Waals surface area contributed by atoms with Crippen molar-refractivity contribution in [1.29, 1.82) is 0 Å². The van der Waals surface area contributed by atoms with Crippen LogP contribution in [0.4, 0.5) is 0 Å². The van der Waals surface area contributed by atoms with Crippen molar-refractivity contribution in [2.24, 2.45) is 0 Å². The Bertz CT molecular complexity index is 1270. The topological polar surface area (TPSA) is 119 Å². The molecule has 3 aliphatic heterocycles. The van der Waals surface area contributed by atoms with E-state index >= 15 is 0 Å². The summed E-state index contributed by atoms with van der Waals surface area (Å²) in [6, 6.07) is 2.97. The number of phenolic OH excluding ortho intramolecular Hbond substituents is 1. The summed E-state index contributed by atoms with van der Waals surface area (Å²) in [4.78, 5) is 12.7. The molecule has 0 radical (unpaired) electrons. The molecule has 0 spiro atoms. The molecule has 170 valence electrons. The second-order valence-corrected chi connectivity index (χ2v) is 9.69. The summed E-state index contributed by atoms with van der Waals surface area (Å²) < 4.78 is 23.5. The van der Waals surface area contributed by atoms with E-state index < -0.39 is 23.4 Å². The molecule has 0 amide bonds. The Morgan fingerprint density at radius 3 is 2.25 bits per heavy atom.